The fraction of sp³-hybridized carbons (Fsp3) is 0.308. The second-order valence-corrected chi connectivity index (χ2v) is 3.86. The molecule has 88 valence electrons. The average Bonchev–Trinajstić information content (AvgIpc) is 2.38. The van der Waals surface area contributed by atoms with Crippen LogP contribution < -0.4 is 5.32 Å². The summed E-state index contributed by atoms with van der Waals surface area (Å²) in [5.41, 5.74) is 3.34. The fourth-order valence-corrected chi connectivity index (χ4v) is 1.83. The highest BCUT2D eigenvalue weighted by atomic mass is 15.0. The van der Waals surface area contributed by atoms with Crippen LogP contribution in [-0.2, 0) is 0 Å². The summed E-state index contributed by atoms with van der Waals surface area (Å²) in [4.78, 5) is 12.5. The number of aryl methyl sites for hydroxylation is 1. The molecule has 17 heavy (non-hydrogen) atoms. The van der Waals surface area contributed by atoms with Crippen LogP contribution in [0.1, 0.15) is 29.8 Å². The summed E-state index contributed by atoms with van der Waals surface area (Å²) in [6, 6.07) is 4.03. The minimum Gasteiger partial charge on any atom is -0.305 e. The van der Waals surface area contributed by atoms with Gasteiger partial charge >= 0.3 is 0 Å². The molecule has 1 atom stereocenters. The number of nitrogens with one attached hydrogen (secondary N) is 1. The van der Waals surface area contributed by atoms with Gasteiger partial charge < -0.3 is 5.32 Å². The van der Waals surface area contributed by atoms with Crippen molar-refractivity contribution in [2.75, 3.05) is 6.54 Å². The Labute approximate surface area is 101 Å². The van der Waals surface area contributed by atoms with E-state index in [1.807, 2.05) is 24.5 Å². The number of hydrogen-bond acceptors (Lipinski definition) is 4. The standard InChI is InChI=1S/C13H16N4/c1-3-16-13(12-5-7-15-9-17-12)11-8-14-6-4-10(11)2/h4-9,13,16H,3H2,1-2H3. The molecule has 2 aromatic rings. The zero-order chi connectivity index (χ0) is 12.1. The molecule has 0 aliphatic heterocycles. The Hall–Kier alpha value is -1.81. The summed E-state index contributed by atoms with van der Waals surface area (Å²) in [5, 5.41) is 3.43. The second-order valence-electron chi connectivity index (χ2n) is 3.86. The van der Waals surface area contributed by atoms with E-state index < -0.39 is 0 Å². The van der Waals surface area contributed by atoms with Crippen LogP contribution in [0.4, 0.5) is 0 Å². The lowest BCUT2D eigenvalue weighted by Gasteiger charge is -2.19. The van der Waals surface area contributed by atoms with E-state index in [9.17, 15) is 0 Å². The maximum Gasteiger partial charge on any atom is 0.115 e. The van der Waals surface area contributed by atoms with Gasteiger partial charge in [-0.1, -0.05) is 6.92 Å². The molecule has 0 amide bonds. The van der Waals surface area contributed by atoms with E-state index in [0.717, 1.165) is 17.8 Å². The van der Waals surface area contributed by atoms with Crippen molar-refractivity contribution in [2.45, 2.75) is 19.9 Å². The smallest absolute Gasteiger partial charge is 0.115 e. The Morgan fingerprint density at radius 1 is 1.24 bits per heavy atom. The van der Waals surface area contributed by atoms with Crippen molar-refractivity contribution in [3.63, 3.8) is 0 Å². The number of hydrogen-bond donors (Lipinski definition) is 1. The average molecular weight is 228 g/mol. The van der Waals surface area contributed by atoms with E-state index in [2.05, 4.69) is 34.1 Å². The Morgan fingerprint density at radius 3 is 2.71 bits per heavy atom. The van der Waals surface area contributed by atoms with Crippen LogP contribution in [0.15, 0.2) is 37.1 Å². The molecular formula is C13H16N4. The van der Waals surface area contributed by atoms with Gasteiger partial charge in [-0.2, -0.15) is 0 Å². The molecule has 0 aromatic carbocycles. The molecule has 1 N–H and O–H groups in total. The van der Waals surface area contributed by atoms with Crippen LogP contribution in [-0.4, -0.2) is 21.5 Å². The minimum absolute atomic E-state index is 0.0803. The van der Waals surface area contributed by atoms with Crippen molar-refractivity contribution in [1.82, 2.24) is 20.3 Å². The van der Waals surface area contributed by atoms with Crippen LogP contribution in [0.5, 0.6) is 0 Å². The predicted octanol–water partition coefficient (Wildman–Crippen LogP) is 1.88. The zero-order valence-electron chi connectivity index (χ0n) is 10.1. The normalized spacial score (nSPS) is 12.4. The molecule has 0 aliphatic carbocycles. The van der Waals surface area contributed by atoms with Crippen molar-refractivity contribution in [2.24, 2.45) is 0 Å². The summed E-state index contributed by atoms with van der Waals surface area (Å²) in [7, 11) is 0. The molecule has 0 bridgehead atoms. The van der Waals surface area contributed by atoms with Crippen molar-refractivity contribution < 1.29 is 0 Å². The van der Waals surface area contributed by atoms with Gasteiger partial charge in [-0.05, 0) is 36.7 Å². The number of pyridine rings is 1. The molecule has 2 rings (SSSR count). The number of rotatable bonds is 4. The quantitative estimate of drug-likeness (QED) is 0.868. The van der Waals surface area contributed by atoms with Crippen LogP contribution >= 0.6 is 0 Å². The Kier molecular flexibility index (Phi) is 3.77. The van der Waals surface area contributed by atoms with Gasteiger partial charge in [-0.3, -0.25) is 4.98 Å². The summed E-state index contributed by atoms with van der Waals surface area (Å²) in [6.07, 6.45) is 7.04. The van der Waals surface area contributed by atoms with Gasteiger partial charge in [0.05, 0.1) is 11.7 Å². The molecule has 0 radical (unpaired) electrons. The zero-order valence-corrected chi connectivity index (χ0v) is 10.1. The number of aromatic nitrogens is 3. The van der Waals surface area contributed by atoms with Crippen LogP contribution in [0.25, 0.3) is 0 Å². The molecule has 2 heterocycles. The molecule has 0 fully saturated rings. The first-order valence-electron chi connectivity index (χ1n) is 5.72. The fourth-order valence-electron chi connectivity index (χ4n) is 1.83. The van der Waals surface area contributed by atoms with Crippen molar-refractivity contribution >= 4 is 0 Å². The Balaban J connectivity index is 2.39. The monoisotopic (exact) mass is 228 g/mol. The molecular weight excluding hydrogens is 212 g/mol. The second kappa shape index (κ2) is 5.50. The van der Waals surface area contributed by atoms with Gasteiger partial charge in [0, 0.05) is 18.6 Å². The molecule has 0 saturated carbocycles. The van der Waals surface area contributed by atoms with Gasteiger partial charge in [0.25, 0.3) is 0 Å². The predicted molar refractivity (Wildman–Crippen MR) is 66.5 cm³/mol. The van der Waals surface area contributed by atoms with Gasteiger partial charge in [-0.15, -0.1) is 0 Å². The maximum absolute atomic E-state index is 4.31. The lowest BCUT2D eigenvalue weighted by atomic mass is 10.0. The molecule has 0 saturated heterocycles. The highest BCUT2D eigenvalue weighted by Crippen LogP contribution is 2.21. The van der Waals surface area contributed by atoms with Gasteiger partial charge in [0.2, 0.25) is 0 Å². The molecule has 4 heteroatoms. The topological polar surface area (TPSA) is 50.7 Å². The largest absolute Gasteiger partial charge is 0.305 e. The maximum atomic E-state index is 4.31. The van der Waals surface area contributed by atoms with Crippen molar-refractivity contribution in [3.05, 3.63) is 53.9 Å². The Morgan fingerprint density at radius 2 is 2.06 bits per heavy atom. The first kappa shape index (κ1) is 11.7. The third kappa shape index (κ3) is 2.65. The van der Waals surface area contributed by atoms with E-state index in [4.69, 9.17) is 0 Å². The van der Waals surface area contributed by atoms with Gasteiger partial charge in [-0.25, -0.2) is 9.97 Å². The Bertz CT molecular complexity index is 470. The summed E-state index contributed by atoms with van der Waals surface area (Å²) < 4.78 is 0. The first-order chi connectivity index (χ1) is 8.33. The van der Waals surface area contributed by atoms with Crippen molar-refractivity contribution in [3.8, 4) is 0 Å². The lowest BCUT2D eigenvalue weighted by Crippen LogP contribution is -2.23. The van der Waals surface area contributed by atoms with Crippen LogP contribution in [0.2, 0.25) is 0 Å². The van der Waals surface area contributed by atoms with E-state index >= 15 is 0 Å². The molecule has 2 aromatic heterocycles. The van der Waals surface area contributed by atoms with Crippen LogP contribution in [0.3, 0.4) is 0 Å². The van der Waals surface area contributed by atoms with E-state index in [1.165, 1.54) is 5.56 Å². The highest BCUT2D eigenvalue weighted by Gasteiger charge is 2.16. The molecule has 4 nitrogen and oxygen atoms in total. The van der Waals surface area contributed by atoms with E-state index in [0.29, 0.717) is 0 Å². The molecule has 1 unspecified atom stereocenters. The third-order valence-corrected chi connectivity index (χ3v) is 2.70. The summed E-state index contributed by atoms with van der Waals surface area (Å²) in [5.74, 6) is 0. The van der Waals surface area contributed by atoms with Gasteiger partial charge in [0.15, 0.2) is 0 Å². The highest BCUT2D eigenvalue weighted by molar-refractivity contribution is 5.31. The van der Waals surface area contributed by atoms with Crippen molar-refractivity contribution in [1.29, 1.82) is 0 Å². The number of nitrogens with zero attached hydrogens (tertiary/aromatic N) is 3. The third-order valence-electron chi connectivity index (χ3n) is 2.70. The summed E-state index contributed by atoms with van der Waals surface area (Å²) in [6.45, 7) is 5.05. The van der Waals surface area contributed by atoms with Crippen LogP contribution in [0, 0.1) is 6.92 Å². The minimum atomic E-state index is 0.0803. The first-order valence-corrected chi connectivity index (χ1v) is 5.72. The molecule has 0 aliphatic rings. The van der Waals surface area contributed by atoms with E-state index in [1.54, 1.807) is 12.5 Å². The van der Waals surface area contributed by atoms with Gasteiger partial charge in [0.1, 0.15) is 6.33 Å². The SMILES string of the molecule is CCNC(c1ccncn1)c1cnccc1C. The van der Waals surface area contributed by atoms with E-state index in [-0.39, 0.29) is 6.04 Å². The summed E-state index contributed by atoms with van der Waals surface area (Å²) >= 11 is 0. The lowest BCUT2D eigenvalue weighted by molar-refractivity contribution is 0.609. The molecule has 0 spiro atoms.